The molecule has 28 heavy (non-hydrogen) atoms. The number of carbonyl (C=O) groups excluding carboxylic acids is 1. The van der Waals surface area contributed by atoms with Gasteiger partial charge in [-0.2, -0.15) is 4.31 Å². The van der Waals surface area contributed by atoms with Crippen LogP contribution in [0.15, 0.2) is 58.2 Å². The molecule has 1 amide bonds. The summed E-state index contributed by atoms with van der Waals surface area (Å²) in [6.45, 7) is 4.24. The van der Waals surface area contributed by atoms with E-state index in [2.05, 4.69) is 5.32 Å². The molecule has 1 heterocycles. The van der Waals surface area contributed by atoms with Gasteiger partial charge in [0.25, 0.3) is 0 Å². The number of nitrogens with zero attached hydrogens (tertiary/aromatic N) is 2. The molecule has 2 aromatic carbocycles. The van der Waals surface area contributed by atoms with E-state index in [0.717, 1.165) is 16.0 Å². The molecule has 0 radical (unpaired) electrons. The number of fused-ring (bicyclic) bond motifs is 1. The van der Waals surface area contributed by atoms with Gasteiger partial charge in [0.15, 0.2) is 0 Å². The maximum absolute atomic E-state index is 12.5. The normalized spacial score (nSPS) is 11.8. The second kappa shape index (κ2) is 8.26. The van der Waals surface area contributed by atoms with Crippen molar-refractivity contribution in [2.24, 2.45) is 0 Å². The average molecular weight is 420 g/mol. The van der Waals surface area contributed by atoms with Crippen molar-refractivity contribution in [2.75, 3.05) is 18.4 Å². The minimum atomic E-state index is -3.54. The Labute approximate surface area is 167 Å². The molecule has 0 unspecified atom stereocenters. The molecule has 0 saturated carbocycles. The Hall–Kier alpha value is -2.49. The first-order chi connectivity index (χ1) is 13.4. The van der Waals surface area contributed by atoms with E-state index >= 15 is 0 Å². The van der Waals surface area contributed by atoms with E-state index in [1.54, 1.807) is 32.0 Å². The van der Waals surface area contributed by atoms with Crippen molar-refractivity contribution in [1.29, 1.82) is 0 Å². The fourth-order valence-corrected chi connectivity index (χ4v) is 5.28. The Balaban J connectivity index is 1.74. The zero-order chi connectivity index (χ0) is 20.3. The molecule has 0 atom stereocenters. The molecule has 0 fully saturated rings. The van der Waals surface area contributed by atoms with E-state index in [1.165, 1.54) is 21.0 Å². The summed E-state index contributed by atoms with van der Waals surface area (Å²) in [6.07, 6.45) is 0. The second-order valence-corrected chi connectivity index (χ2v) is 9.01. The van der Waals surface area contributed by atoms with Gasteiger partial charge in [-0.05, 0) is 36.4 Å². The number of hydrogen-bond acceptors (Lipinski definition) is 5. The number of thiazole rings is 1. The molecule has 0 aliphatic carbocycles. The fraction of sp³-hybridized carbons (Fsp3) is 0.263. The van der Waals surface area contributed by atoms with E-state index in [-0.39, 0.29) is 22.2 Å². The molecule has 9 heteroatoms. The number of anilines is 1. The number of nitrogens with one attached hydrogen (secondary N) is 1. The third kappa shape index (κ3) is 4.01. The number of rotatable bonds is 7. The Morgan fingerprint density at radius 1 is 1.07 bits per heavy atom. The molecular weight excluding hydrogens is 398 g/mol. The van der Waals surface area contributed by atoms with Crippen LogP contribution in [0.2, 0.25) is 0 Å². The topological polar surface area (TPSA) is 88.5 Å². The molecule has 148 valence electrons. The molecule has 3 aromatic rings. The van der Waals surface area contributed by atoms with Gasteiger partial charge in [0.2, 0.25) is 15.9 Å². The quantitative estimate of drug-likeness (QED) is 0.638. The lowest BCUT2D eigenvalue weighted by Crippen LogP contribution is -2.30. The van der Waals surface area contributed by atoms with Gasteiger partial charge in [-0.3, -0.25) is 14.2 Å². The summed E-state index contributed by atoms with van der Waals surface area (Å²) in [4.78, 5) is 24.5. The van der Waals surface area contributed by atoms with Crippen LogP contribution in [0.4, 0.5) is 5.69 Å². The molecule has 1 N–H and O–H groups in total. The van der Waals surface area contributed by atoms with Crippen molar-refractivity contribution in [3.63, 3.8) is 0 Å². The number of sulfonamides is 1. The van der Waals surface area contributed by atoms with Crippen LogP contribution in [0, 0.1) is 0 Å². The lowest BCUT2D eigenvalue weighted by atomic mass is 10.3. The molecule has 0 bridgehead atoms. The fourth-order valence-electron chi connectivity index (χ4n) is 2.93. The molecule has 7 nitrogen and oxygen atoms in total. The smallest absolute Gasteiger partial charge is 0.308 e. The Morgan fingerprint density at radius 2 is 1.71 bits per heavy atom. The van der Waals surface area contributed by atoms with Crippen LogP contribution in [0.25, 0.3) is 10.2 Å². The van der Waals surface area contributed by atoms with Crippen molar-refractivity contribution in [3.05, 3.63) is 58.2 Å². The molecule has 0 saturated heterocycles. The highest BCUT2D eigenvalue weighted by Gasteiger charge is 2.21. The lowest BCUT2D eigenvalue weighted by molar-refractivity contribution is -0.116. The Kier molecular flexibility index (Phi) is 5.97. The average Bonchev–Trinajstić information content (AvgIpc) is 2.98. The monoisotopic (exact) mass is 419 g/mol. The van der Waals surface area contributed by atoms with Gasteiger partial charge in [-0.1, -0.05) is 37.3 Å². The Bertz CT molecular complexity index is 1140. The second-order valence-electron chi connectivity index (χ2n) is 6.08. The van der Waals surface area contributed by atoms with Crippen LogP contribution < -0.4 is 10.2 Å². The van der Waals surface area contributed by atoms with Gasteiger partial charge in [-0.25, -0.2) is 8.42 Å². The first-order valence-corrected chi connectivity index (χ1v) is 11.1. The van der Waals surface area contributed by atoms with Gasteiger partial charge >= 0.3 is 4.87 Å². The van der Waals surface area contributed by atoms with Crippen molar-refractivity contribution >= 4 is 43.2 Å². The molecule has 1 aromatic heterocycles. The first kappa shape index (κ1) is 20.2. The summed E-state index contributed by atoms with van der Waals surface area (Å²) in [5.41, 5.74) is 1.18. The van der Waals surface area contributed by atoms with E-state index < -0.39 is 10.0 Å². The highest BCUT2D eigenvalue weighted by Crippen LogP contribution is 2.19. The molecule has 0 aliphatic heterocycles. The van der Waals surface area contributed by atoms with Crippen LogP contribution in [0.3, 0.4) is 0 Å². The molecule has 3 rings (SSSR count). The van der Waals surface area contributed by atoms with Gasteiger partial charge in [0.05, 0.1) is 15.1 Å². The summed E-state index contributed by atoms with van der Waals surface area (Å²) < 4.78 is 28.6. The highest BCUT2D eigenvalue weighted by molar-refractivity contribution is 7.89. The summed E-state index contributed by atoms with van der Waals surface area (Å²) in [5, 5.41) is 2.71. The van der Waals surface area contributed by atoms with Crippen molar-refractivity contribution in [3.8, 4) is 0 Å². The van der Waals surface area contributed by atoms with E-state index in [0.29, 0.717) is 24.3 Å². The van der Waals surface area contributed by atoms with E-state index in [1.807, 2.05) is 18.2 Å². The SMILES string of the molecule is CCN(CC)S(=O)(=O)c1ccc(NC(=O)Cn2c(=O)sc3ccccc32)cc1. The minimum Gasteiger partial charge on any atom is -0.325 e. The van der Waals surface area contributed by atoms with Gasteiger partial charge < -0.3 is 5.32 Å². The van der Waals surface area contributed by atoms with Crippen LogP contribution in [0.1, 0.15) is 13.8 Å². The molecule has 0 aliphatic rings. The van der Waals surface area contributed by atoms with Gasteiger partial charge in [-0.15, -0.1) is 0 Å². The first-order valence-electron chi connectivity index (χ1n) is 8.85. The zero-order valence-electron chi connectivity index (χ0n) is 15.6. The van der Waals surface area contributed by atoms with Crippen LogP contribution in [-0.2, 0) is 21.4 Å². The number of benzene rings is 2. The molecule has 0 spiro atoms. The summed E-state index contributed by atoms with van der Waals surface area (Å²) in [7, 11) is -3.54. The number of amides is 1. The number of carbonyl (C=O) groups is 1. The minimum absolute atomic E-state index is 0.109. The Morgan fingerprint density at radius 3 is 2.36 bits per heavy atom. The van der Waals surface area contributed by atoms with E-state index in [9.17, 15) is 18.0 Å². The number of aromatic nitrogens is 1. The standard InChI is InChI=1S/C19H21N3O4S2/c1-3-21(4-2)28(25,26)15-11-9-14(10-12-15)20-18(23)13-22-16-7-5-6-8-17(16)27-19(22)24/h5-12H,3-4,13H2,1-2H3,(H,20,23). The lowest BCUT2D eigenvalue weighted by Gasteiger charge is -2.18. The maximum atomic E-state index is 12.5. The maximum Gasteiger partial charge on any atom is 0.308 e. The predicted octanol–water partition coefficient (Wildman–Crippen LogP) is 2.73. The van der Waals surface area contributed by atoms with Crippen molar-refractivity contribution in [2.45, 2.75) is 25.3 Å². The number of hydrogen-bond donors (Lipinski definition) is 1. The van der Waals surface area contributed by atoms with Crippen molar-refractivity contribution < 1.29 is 13.2 Å². The van der Waals surface area contributed by atoms with Crippen LogP contribution in [0.5, 0.6) is 0 Å². The third-order valence-electron chi connectivity index (χ3n) is 4.36. The number of para-hydroxylation sites is 1. The predicted molar refractivity (Wildman–Crippen MR) is 111 cm³/mol. The van der Waals surface area contributed by atoms with Crippen molar-refractivity contribution in [1.82, 2.24) is 8.87 Å². The summed E-state index contributed by atoms with van der Waals surface area (Å²) in [6, 6.07) is 13.3. The third-order valence-corrected chi connectivity index (χ3v) is 7.38. The summed E-state index contributed by atoms with van der Waals surface area (Å²) >= 11 is 1.09. The van der Waals surface area contributed by atoms with Gasteiger partial charge in [0.1, 0.15) is 6.54 Å². The molecular formula is C19H21N3O4S2. The van der Waals surface area contributed by atoms with Gasteiger partial charge in [0, 0.05) is 18.8 Å². The highest BCUT2D eigenvalue weighted by atomic mass is 32.2. The van der Waals surface area contributed by atoms with Crippen LogP contribution in [-0.4, -0.2) is 36.3 Å². The summed E-state index contributed by atoms with van der Waals surface area (Å²) in [5.74, 6) is -0.356. The van der Waals surface area contributed by atoms with Crippen LogP contribution >= 0.6 is 11.3 Å². The van der Waals surface area contributed by atoms with E-state index in [4.69, 9.17) is 0 Å². The zero-order valence-corrected chi connectivity index (χ0v) is 17.2. The largest absolute Gasteiger partial charge is 0.325 e.